The van der Waals surface area contributed by atoms with Crippen LogP contribution in [-0.4, -0.2) is 4.98 Å². The highest BCUT2D eigenvalue weighted by Crippen LogP contribution is 2.28. The van der Waals surface area contributed by atoms with E-state index in [-0.39, 0.29) is 0 Å². The van der Waals surface area contributed by atoms with Crippen LogP contribution in [0.2, 0.25) is 0 Å². The van der Waals surface area contributed by atoms with Crippen LogP contribution in [0.1, 0.15) is 18.1 Å². The number of aromatic nitrogens is 1. The topological polar surface area (TPSA) is 34.2 Å². The number of anilines is 2. The number of nitrogens with zero attached hydrogens (tertiary/aromatic N) is 1. The fraction of sp³-hybridized carbons (Fsp3) is 0.150. The van der Waals surface area contributed by atoms with E-state index in [1.54, 1.807) is 0 Å². The maximum Gasteiger partial charge on any atom is 0.143 e. The number of hydrogen-bond acceptors (Lipinski definition) is 3. The molecule has 0 aliphatic heterocycles. The van der Waals surface area contributed by atoms with Crippen LogP contribution in [-0.2, 0) is 13.0 Å². The van der Waals surface area contributed by atoms with Crippen molar-refractivity contribution in [2.24, 2.45) is 0 Å². The second kappa shape index (κ2) is 7.45. The standard InChI is InChI=1S/C20H20N2O/c1-2-16-12-18(14-21-13-16)22-19-10-6-7-11-20(19)23-15-17-8-4-3-5-9-17/h3-14,22H,2,15H2,1H3. The lowest BCUT2D eigenvalue weighted by atomic mass is 10.2. The van der Waals surface area contributed by atoms with Gasteiger partial charge < -0.3 is 10.1 Å². The molecule has 23 heavy (non-hydrogen) atoms. The SMILES string of the molecule is CCc1cncc(Nc2ccccc2OCc2ccccc2)c1. The molecule has 0 amide bonds. The van der Waals surface area contributed by atoms with Gasteiger partial charge in [0.2, 0.25) is 0 Å². The summed E-state index contributed by atoms with van der Waals surface area (Å²) < 4.78 is 5.97. The minimum absolute atomic E-state index is 0.548. The van der Waals surface area contributed by atoms with E-state index in [0.717, 1.165) is 29.1 Å². The van der Waals surface area contributed by atoms with E-state index in [1.165, 1.54) is 5.56 Å². The quantitative estimate of drug-likeness (QED) is 0.698. The van der Waals surface area contributed by atoms with Crippen molar-refractivity contribution in [3.8, 4) is 5.75 Å². The van der Waals surface area contributed by atoms with Crippen LogP contribution < -0.4 is 10.1 Å². The Morgan fingerprint density at radius 3 is 2.52 bits per heavy atom. The molecule has 1 N–H and O–H groups in total. The van der Waals surface area contributed by atoms with Crippen molar-refractivity contribution in [2.75, 3.05) is 5.32 Å². The van der Waals surface area contributed by atoms with E-state index in [1.807, 2.05) is 54.9 Å². The maximum absolute atomic E-state index is 5.97. The van der Waals surface area contributed by atoms with Crippen molar-refractivity contribution < 1.29 is 4.74 Å². The highest BCUT2D eigenvalue weighted by atomic mass is 16.5. The number of aryl methyl sites for hydroxylation is 1. The van der Waals surface area contributed by atoms with Gasteiger partial charge in [0.1, 0.15) is 12.4 Å². The van der Waals surface area contributed by atoms with Gasteiger partial charge in [0.05, 0.1) is 17.6 Å². The second-order valence-electron chi connectivity index (χ2n) is 5.33. The van der Waals surface area contributed by atoms with Gasteiger partial charge >= 0.3 is 0 Å². The van der Waals surface area contributed by atoms with Gasteiger partial charge in [-0.05, 0) is 35.7 Å². The summed E-state index contributed by atoms with van der Waals surface area (Å²) in [7, 11) is 0. The largest absolute Gasteiger partial charge is 0.487 e. The third-order valence-corrected chi connectivity index (χ3v) is 3.61. The third kappa shape index (κ3) is 4.10. The lowest BCUT2D eigenvalue weighted by molar-refractivity contribution is 0.308. The van der Waals surface area contributed by atoms with Crippen LogP contribution in [0.3, 0.4) is 0 Å². The number of hydrogen-bond donors (Lipinski definition) is 1. The molecule has 0 fully saturated rings. The molecule has 1 aromatic heterocycles. The molecule has 0 aliphatic carbocycles. The fourth-order valence-corrected chi connectivity index (χ4v) is 2.34. The third-order valence-electron chi connectivity index (χ3n) is 3.61. The lowest BCUT2D eigenvalue weighted by Crippen LogP contribution is -1.99. The molecule has 3 aromatic rings. The second-order valence-corrected chi connectivity index (χ2v) is 5.33. The first-order valence-electron chi connectivity index (χ1n) is 7.82. The molecule has 3 nitrogen and oxygen atoms in total. The molecule has 2 aromatic carbocycles. The Morgan fingerprint density at radius 1 is 0.913 bits per heavy atom. The zero-order valence-electron chi connectivity index (χ0n) is 13.2. The number of ether oxygens (including phenoxy) is 1. The summed E-state index contributed by atoms with van der Waals surface area (Å²) in [6, 6.07) is 20.2. The maximum atomic E-state index is 5.97. The molecule has 0 spiro atoms. The predicted octanol–water partition coefficient (Wildman–Crippen LogP) is 4.97. The average Bonchev–Trinajstić information content (AvgIpc) is 2.62. The number of benzene rings is 2. The molecule has 0 saturated carbocycles. The van der Waals surface area contributed by atoms with E-state index >= 15 is 0 Å². The summed E-state index contributed by atoms with van der Waals surface area (Å²) in [4.78, 5) is 4.27. The van der Waals surface area contributed by atoms with Crippen molar-refractivity contribution in [1.82, 2.24) is 4.98 Å². The van der Waals surface area contributed by atoms with Gasteiger partial charge in [0.25, 0.3) is 0 Å². The van der Waals surface area contributed by atoms with Crippen molar-refractivity contribution >= 4 is 11.4 Å². The molecular weight excluding hydrogens is 284 g/mol. The van der Waals surface area contributed by atoms with Gasteiger partial charge in [-0.2, -0.15) is 0 Å². The summed E-state index contributed by atoms with van der Waals surface area (Å²) in [5.41, 5.74) is 4.27. The van der Waals surface area contributed by atoms with Gasteiger partial charge in [-0.15, -0.1) is 0 Å². The molecule has 0 radical (unpaired) electrons. The van der Waals surface area contributed by atoms with Gasteiger partial charge in [-0.25, -0.2) is 0 Å². The molecule has 0 saturated heterocycles. The normalized spacial score (nSPS) is 10.3. The highest BCUT2D eigenvalue weighted by Gasteiger charge is 2.04. The Morgan fingerprint density at radius 2 is 1.70 bits per heavy atom. The number of rotatable bonds is 6. The summed E-state index contributed by atoms with van der Waals surface area (Å²) in [5, 5.41) is 3.40. The van der Waals surface area contributed by atoms with Crippen molar-refractivity contribution in [3.63, 3.8) is 0 Å². The van der Waals surface area contributed by atoms with E-state index in [9.17, 15) is 0 Å². The minimum atomic E-state index is 0.548. The van der Waals surface area contributed by atoms with Crippen LogP contribution in [0.15, 0.2) is 73.1 Å². The van der Waals surface area contributed by atoms with Crippen LogP contribution >= 0.6 is 0 Å². The summed E-state index contributed by atoms with van der Waals surface area (Å²) >= 11 is 0. The van der Waals surface area contributed by atoms with Gasteiger partial charge in [-0.1, -0.05) is 49.4 Å². The van der Waals surface area contributed by atoms with E-state index in [2.05, 4.69) is 35.4 Å². The molecule has 0 aliphatic rings. The van der Waals surface area contributed by atoms with E-state index in [4.69, 9.17) is 4.74 Å². The molecule has 0 atom stereocenters. The van der Waals surface area contributed by atoms with Gasteiger partial charge in [-0.3, -0.25) is 4.98 Å². The molecule has 3 heteroatoms. The van der Waals surface area contributed by atoms with Crippen LogP contribution in [0, 0.1) is 0 Å². The number of nitrogens with one attached hydrogen (secondary N) is 1. The fourth-order valence-electron chi connectivity index (χ4n) is 2.34. The average molecular weight is 304 g/mol. The molecule has 1 heterocycles. The van der Waals surface area contributed by atoms with E-state index < -0.39 is 0 Å². The minimum Gasteiger partial charge on any atom is -0.487 e. The smallest absolute Gasteiger partial charge is 0.143 e. The Hall–Kier alpha value is -2.81. The monoisotopic (exact) mass is 304 g/mol. The molecular formula is C20H20N2O. The Labute approximate surface area is 137 Å². The Balaban J connectivity index is 1.75. The van der Waals surface area contributed by atoms with Gasteiger partial charge in [0.15, 0.2) is 0 Å². The molecule has 116 valence electrons. The Kier molecular flexibility index (Phi) is 4.89. The first kappa shape index (κ1) is 15.1. The molecule has 3 rings (SSSR count). The molecule has 0 bridgehead atoms. The summed E-state index contributed by atoms with van der Waals surface area (Å²) in [6.45, 7) is 2.67. The first-order chi connectivity index (χ1) is 11.3. The van der Waals surface area contributed by atoms with Crippen molar-refractivity contribution in [2.45, 2.75) is 20.0 Å². The Bertz CT molecular complexity index is 756. The zero-order valence-corrected chi connectivity index (χ0v) is 13.2. The number of pyridine rings is 1. The van der Waals surface area contributed by atoms with E-state index in [0.29, 0.717) is 6.61 Å². The van der Waals surface area contributed by atoms with Crippen molar-refractivity contribution in [1.29, 1.82) is 0 Å². The predicted molar refractivity (Wildman–Crippen MR) is 94.1 cm³/mol. The molecule has 0 unspecified atom stereocenters. The zero-order chi connectivity index (χ0) is 15.9. The first-order valence-corrected chi connectivity index (χ1v) is 7.82. The summed E-state index contributed by atoms with van der Waals surface area (Å²) in [6.07, 6.45) is 4.69. The lowest BCUT2D eigenvalue weighted by Gasteiger charge is -2.13. The number of para-hydroxylation sites is 2. The van der Waals surface area contributed by atoms with Crippen LogP contribution in [0.25, 0.3) is 0 Å². The van der Waals surface area contributed by atoms with Crippen LogP contribution in [0.4, 0.5) is 11.4 Å². The summed E-state index contributed by atoms with van der Waals surface area (Å²) in [5.74, 6) is 0.832. The van der Waals surface area contributed by atoms with Crippen molar-refractivity contribution in [3.05, 3.63) is 84.2 Å². The van der Waals surface area contributed by atoms with Crippen LogP contribution in [0.5, 0.6) is 5.75 Å². The van der Waals surface area contributed by atoms with Gasteiger partial charge in [0, 0.05) is 6.20 Å². The highest BCUT2D eigenvalue weighted by molar-refractivity contribution is 5.65.